The van der Waals surface area contributed by atoms with Crippen molar-refractivity contribution in [2.75, 3.05) is 21.1 Å². The average molecular weight is 448 g/mol. The van der Waals surface area contributed by atoms with Gasteiger partial charge in [0.25, 0.3) is 0 Å². The highest BCUT2D eigenvalue weighted by Crippen LogP contribution is 2.38. The van der Waals surface area contributed by atoms with Gasteiger partial charge in [0.2, 0.25) is 0 Å². The first-order valence-corrected chi connectivity index (χ1v) is 10.5. The molecule has 3 rings (SSSR count). The van der Waals surface area contributed by atoms with Gasteiger partial charge < -0.3 is 5.32 Å². The zero-order valence-electron chi connectivity index (χ0n) is 19.3. The molecule has 0 spiro atoms. The minimum atomic E-state index is -4.42. The molecular formula is C24H30F3N4O+. The molecule has 1 aromatic carbocycles. The van der Waals surface area contributed by atoms with Gasteiger partial charge in [0.05, 0.1) is 37.8 Å². The molecule has 0 saturated carbocycles. The summed E-state index contributed by atoms with van der Waals surface area (Å²) in [5.41, 5.74) is 2.63. The van der Waals surface area contributed by atoms with Crippen molar-refractivity contribution in [2.24, 2.45) is 5.41 Å². The summed E-state index contributed by atoms with van der Waals surface area (Å²) in [6.45, 7) is 4.76. The second-order valence-electron chi connectivity index (χ2n) is 9.33. The maximum Gasteiger partial charge on any atom is 0.390 e. The lowest BCUT2D eigenvalue weighted by atomic mass is 9.86. The van der Waals surface area contributed by atoms with Crippen LogP contribution in [-0.4, -0.2) is 42.6 Å². The van der Waals surface area contributed by atoms with Crippen LogP contribution in [0.15, 0.2) is 48.8 Å². The van der Waals surface area contributed by atoms with Crippen molar-refractivity contribution in [3.8, 4) is 11.3 Å². The van der Waals surface area contributed by atoms with Crippen LogP contribution in [0.3, 0.4) is 0 Å². The Morgan fingerprint density at radius 3 is 2.50 bits per heavy atom. The van der Waals surface area contributed by atoms with E-state index in [1.54, 1.807) is 26.4 Å². The number of hydrogen-bond acceptors (Lipinski definition) is 3. The van der Waals surface area contributed by atoms with E-state index in [1.807, 2.05) is 48.0 Å². The topological polar surface area (TPSA) is 46.4 Å². The largest absolute Gasteiger partial charge is 0.390 e. The molecular weight excluding hydrogens is 417 g/mol. The van der Waals surface area contributed by atoms with Gasteiger partial charge in [0.1, 0.15) is 11.3 Å². The summed E-state index contributed by atoms with van der Waals surface area (Å²) in [5.74, 6) is -0.504. The Labute approximate surface area is 186 Å². The van der Waals surface area contributed by atoms with E-state index in [0.29, 0.717) is 5.69 Å². The number of pyridine rings is 1. The van der Waals surface area contributed by atoms with Gasteiger partial charge in [-0.05, 0) is 51.6 Å². The molecule has 1 atom stereocenters. The van der Waals surface area contributed by atoms with Crippen molar-refractivity contribution < 1.29 is 18.0 Å². The molecule has 0 bridgehead atoms. The normalized spacial score (nSPS) is 14.0. The first-order chi connectivity index (χ1) is 14.8. The zero-order chi connectivity index (χ0) is 23.9. The number of carbonyl (C=O) groups is 1. The van der Waals surface area contributed by atoms with Crippen molar-refractivity contribution in [2.45, 2.75) is 39.4 Å². The summed E-state index contributed by atoms with van der Waals surface area (Å²) >= 11 is 0. The van der Waals surface area contributed by atoms with Gasteiger partial charge in [0, 0.05) is 23.9 Å². The first-order valence-electron chi connectivity index (χ1n) is 10.5. The van der Waals surface area contributed by atoms with Crippen LogP contribution in [-0.2, 0) is 4.79 Å². The van der Waals surface area contributed by atoms with E-state index in [-0.39, 0.29) is 10.5 Å². The third-order valence-corrected chi connectivity index (χ3v) is 5.99. The summed E-state index contributed by atoms with van der Waals surface area (Å²) < 4.78 is 40.8. The number of imidazole rings is 1. The van der Waals surface area contributed by atoms with Crippen LogP contribution in [0.25, 0.3) is 16.9 Å². The minimum absolute atomic E-state index is 0.188. The number of nitrogens with zero attached hydrogens (tertiary/aromatic N) is 3. The SMILES string of the molecule is CNC(C)c1ccn2c(-c3cccc([N+](C)(C)C(=O)C(C)(C)CC(F)(F)F)c3)cnc2c1. The molecule has 2 aromatic heterocycles. The van der Waals surface area contributed by atoms with Gasteiger partial charge in [-0.1, -0.05) is 12.1 Å². The smallest absolute Gasteiger partial charge is 0.313 e. The van der Waals surface area contributed by atoms with Crippen LogP contribution in [0.1, 0.15) is 38.8 Å². The highest BCUT2D eigenvalue weighted by molar-refractivity contribution is 5.92. The molecule has 0 aliphatic heterocycles. The number of amides is 1. The van der Waals surface area contributed by atoms with Crippen molar-refractivity contribution >= 4 is 17.2 Å². The van der Waals surface area contributed by atoms with E-state index >= 15 is 0 Å². The Balaban J connectivity index is 1.98. The van der Waals surface area contributed by atoms with Gasteiger partial charge in [-0.15, -0.1) is 0 Å². The van der Waals surface area contributed by atoms with Crippen molar-refractivity contribution in [3.05, 3.63) is 54.4 Å². The van der Waals surface area contributed by atoms with Crippen molar-refractivity contribution in [3.63, 3.8) is 0 Å². The summed E-state index contributed by atoms with van der Waals surface area (Å²) in [6.07, 6.45) is -1.87. The van der Waals surface area contributed by atoms with E-state index in [0.717, 1.165) is 22.5 Å². The Morgan fingerprint density at radius 1 is 1.19 bits per heavy atom. The predicted molar refractivity (Wildman–Crippen MR) is 121 cm³/mol. The van der Waals surface area contributed by atoms with E-state index in [2.05, 4.69) is 17.2 Å². The lowest BCUT2D eigenvalue weighted by Crippen LogP contribution is -2.54. The molecule has 1 unspecified atom stereocenters. The summed E-state index contributed by atoms with van der Waals surface area (Å²) in [5, 5.41) is 3.20. The summed E-state index contributed by atoms with van der Waals surface area (Å²) in [7, 11) is 5.15. The standard InChI is InChI=1S/C24H30F3N4O/c1-16(28-4)17-10-11-30-20(14-29-21(30)13-17)18-8-7-9-19(12-18)31(5,6)22(32)23(2,3)15-24(25,26)27/h7-14,16,28H,15H2,1-6H3/q+1. The number of carbonyl (C=O) groups excluding carboxylic acids is 1. The van der Waals surface area contributed by atoms with Gasteiger partial charge in [0.15, 0.2) is 0 Å². The number of halogens is 3. The van der Waals surface area contributed by atoms with E-state index in [9.17, 15) is 18.0 Å². The fourth-order valence-electron chi connectivity index (χ4n) is 4.11. The Kier molecular flexibility index (Phi) is 6.23. The van der Waals surface area contributed by atoms with Crippen LogP contribution in [0.2, 0.25) is 0 Å². The number of fused-ring (bicyclic) bond motifs is 1. The van der Waals surface area contributed by atoms with Crippen LogP contribution >= 0.6 is 0 Å². The molecule has 0 aliphatic rings. The van der Waals surface area contributed by atoms with Crippen LogP contribution in [0.4, 0.5) is 18.9 Å². The number of nitrogens with one attached hydrogen (secondary N) is 1. The number of quaternary nitrogens is 1. The monoisotopic (exact) mass is 447 g/mol. The molecule has 172 valence electrons. The van der Waals surface area contributed by atoms with Crippen LogP contribution < -0.4 is 9.80 Å². The molecule has 3 aromatic rings. The molecule has 0 saturated heterocycles. The summed E-state index contributed by atoms with van der Waals surface area (Å²) in [4.78, 5) is 17.7. The minimum Gasteiger partial charge on any atom is -0.313 e. The molecule has 0 radical (unpaired) electrons. The molecule has 32 heavy (non-hydrogen) atoms. The Hall–Kier alpha value is -2.71. The van der Waals surface area contributed by atoms with Gasteiger partial charge in [-0.25, -0.2) is 14.3 Å². The highest BCUT2D eigenvalue weighted by atomic mass is 19.4. The zero-order valence-corrected chi connectivity index (χ0v) is 19.3. The van der Waals surface area contributed by atoms with Gasteiger partial charge in [-0.2, -0.15) is 13.2 Å². The number of rotatable bonds is 6. The number of benzene rings is 1. The van der Waals surface area contributed by atoms with Crippen molar-refractivity contribution in [1.82, 2.24) is 19.2 Å². The number of alkyl halides is 3. The highest BCUT2D eigenvalue weighted by Gasteiger charge is 2.48. The quantitative estimate of drug-likeness (QED) is 0.518. The molecule has 0 aliphatic carbocycles. The Bertz CT molecular complexity index is 1130. The molecule has 0 fully saturated rings. The third-order valence-electron chi connectivity index (χ3n) is 5.99. The second kappa shape index (κ2) is 8.33. The second-order valence-corrected chi connectivity index (χ2v) is 9.33. The molecule has 1 N–H and O–H groups in total. The van der Waals surface area contributed by atoms with Crippen molar-refractivity contribution in [1.29, 1.82) is 0 Å². The average Bonchev–Trinajstić information content (AvgIpc) is 3.14. The van der Waals surface area contributed by atoms with Gasteiger partial charge >= 0.3 is 12.1 Å². The number of aromatic nitrogens is 2. The molecule has 1 amide bonds. The maximum atomic E-state index is 13.2. The van der Waals surface area contributed by atoms with E-state index < -0.39 is 23.9 Å². The fraction of sp³-hybridized carbons (Fsp3) is 0.417. The van der Waals surface area contributed by atoms with E-state index in [4.69, 9.17) is 0 Å². The molecule has 2 heterocycles. The first kappa shape index (κ1) is 23.9. The van der Waals surface area contributed by atoms with Gasteiger partial charge in [-0.3, -0.25) is 4.40 Å². The lowest BCUT2D eigenvalue weighted by molar-refractivity contribution is -0.168. The lowest BCUT2D eigenvalue weighted by Gasteiger charge is -2.34. The Morgan fingerprint density at radius 2 is 1.88 bits per heavy atom. The maximum absolute atomic E-state index is 13.2. The number of hydrogen-bond donors (Lipinski definition) is 1. The van der Waals surface area contributed by atoms with E-state index in [1.165, 1.54) is 13.8 Å². The molecule has 5 nitrogen and oxygen atoms in total. The fourth-order valence-corrected chi connectivity index (χ4v) is 4.11. The molecule has 8 heteroatoms. The summed E-state index contributed by atoms with van der Waals surface area (Å²) in [6, 6.07) is 11.5. The van der Waals surface area contributed by atoms with Crippen LogP contribution in [0.5, 0.6) is 0 Å². The third kappa shape index (κ3) is 4.71. The predicted octanol–water partition coefficient (Wildman–Crippen LogP) is 5.35. The van der Waals surface area contributed by atoms with Crippen LogP contribution in [0, 0.1) is 5.41 Å².